The van der Waals surface area contributed by atoms with E-state index in [-0.39, 0.29) is 11.9 Å². The fraction of sp³-hybridized carbons (Fsp3) is 0.909. The minimum Gasteiger partial charge on any atom is -0.382 e. The lowest BCUT2D eigenvalue weighted by Gasteiger charge is -2.31. The third kappa shape index (κ3) is 4.47. The van der Waals surface area contributed by atoms with Gasteiger partial charge in [0.05, 0.1) is 19.3 Å². The number of ether oxygens (including phenoxy) is 2. The number of carbonyl (C=O) groups excluding carboxylic acids is 1. The van der Waals surface area contributed by atoms with Gasteiger partial charge in [0.1, 0.15) is 0 Å². The molecule has 1 amide bonds. The van der Waals surface area contributed by atoms with Crippen LogP contribution < -0.4 is 5.32 Å². The minimum atomic E-state index is -0.0387. The summed E-state index contributed by atoms with van der Waals surface area (Å²) in [5, 5.41) is 3.14. The van der Waals surface area contributed by atoms with E-state index in [2.05, 4.69) is 5.32 Å². The van der Waals surface area contributed by atoms with Crippen molar-refractivity contribution in [3.8, 4) is 0 Å². The van der Waals surface area contributed by atoms with E-state index in [1.165, 1.54) is 0 Å². The molecule has 1 saturated heterocycles. The molecule has 1 heterocycles. The zero-order valence-corrected chi connectivity index (χ0v) is 10.2. The maximum absolute atomic E-state index is 11.7. The molecule has 1 aliphatic heterocycles. The van der Waals surface area contributed by atoms with Gasteiger partial charge in [-0.3, -0.25) is 4.79 Å². The van der Waals surface area contributed by atoms with Crippen LogP contribution in [0.3, 0.4) is 0 Å². The summed E-state index contributed by atoms with van der Waals surface area (Å²) < 4.78 is 10.2. The van der Waals surface area contributed by atoms with E-state index >= 15 is 0 Å². The quantitative estimate of drug-likeness (QED) is 0.619. The van der Waals surface area contributed by atoms with Crippen molar-refractivity contribution in [2.75, 3.05) is 46.6 Å². The zero-order chi connectivity index (χ0) is 11.8. The summed E-state index contributed by atoms with van der Waals surface area (Å²) in [6.45, 7) is 6.33. The summed E-state index contributed by atoms with van der Waals surface area (Å²) in [6.07, 6.45) is 0.891. The molecule has 1 atom stereocenters. The highest BCUT2D eigenvalue weighted by Crippen LogP contribution is 2.01. The lowest BCUT2D eigenvalue weighted by molar-refractivity contribution is -0.135. The van der Waals surface area contributed by atoms with E-state index in [9.17, 15) is 4.79 Å². The summed E-state index contributed by atoms with van der Waals surface area (Å²) in [7, 11) is 1.66. The summed E-state index contributed by atoms with van der Waals surface area (Å²) in [5.41, 5.74) is 0. The maximum atomic E-state index is 11.7. The highest BCUT2D eigenvalue weighted by atomic mass is 16.5. The zero-order valence-electron chi connectivity index (χ0n) is 10.2. The number of rotatable bonds is 7. The van der Waals surface area contributed by atoms with Crippen LogP contribution in [0.4, 0.5) is 0 Å². The van der Waals surface area contributed by atoms with E-state index in [1.807, 2.05) is 11.8 Å². The molecule has 0 spiro atoms. The van der Waals surface area contributed by atoms with Crippen LogP contribution in [0.1, 0.15) is 13.3 Å². The van der Waals surface area contributed by atoms with Crippen molar-refractivity contribution < 1.29 is 14.3 Å². The van der Waals surface area contributed by atoms with Crippen LogP contribution in [0.25, 0.3) is 0 Å². The van der Waals surface area contributed by atoms with Gasteiger partial charge in [-0.25, -0.2) is 0 Å². The number of amides is 1. The first-order chi connectivity index (χ1) is 7.75. The van der Waals surface area contributed by atoms with E-state index in [0.717, 1.165) is 26.1 Å². The molecule has 1 N–H and O–H groups in total. The van der Waals surface area contributed by atoms with Crippen molar-refractivity contribution in [3.63, 3.8) is 0 Å². The molecule has 1 aliphatic rings. The van der Waals surface area contributed by atoms with Crippen LogP contribution in [-0.2, 0) is 14.3 Å². The Bertz CT molecular complexity index is 211. The Balaban J connectivity index is 2.05. The van der Waals surface area contributed by atoms with Crippen molar-refractivity contribution in [2.45, 2.75) is 19.4 Å². The number of carbonyl (C=O) groups is 1. The number of nitrogens with zero attached hydrogens (tertiary/aromatic N) is 1. The predicted molar refractivity (Wildman–Crippen MR) is 61.4 cm³/mol. The molecule has 0 aromatic rings. The molecule has 94 valence electrons. The molecule has 0 radical (unpaired) electrons. The molecule has 0 aliphatic carbocycles. The molecular formula is C11H22N2O3. The van der Waals surface area contributed by atoms with Gasteiger partial charge in [-0.15, -0.1) is 0 Å². The van der Waals surface area contributed by atoms with Gasteiger partial charge in [0.25, 0.3) is 0 Å². The van der Waals surface area contributed by atoms with Gasteiger partial charge < -0.3 is 19.7 Å². The van der Waals surface area contributed by atoms with Crippen LogP contribution in [0, 0.1) is 0 Å². The second-order valence-electron chi connectivity index (χ2n) is 3.96. The third-order valence-corrected chi connectivity index (χ3v) is 2.66. The van der Waals surface area contributed by atoms with Gasteiger partial charge in [0.15, 0.2) is 0 Å². The minimum absolute atomic E-state index is 0.0387. The van der Waals surface area contributed by atoms with Crippen LogP contribution >= 0.6 is 0 Å². The first kappa shape index (κ1) is 13.4. The van der Waals surface area contributed by atoms with Gasteiger partial charge >= 0.3 is 0 Å². The molecule has 0 aromatic heterocycles. The van der Waals surface area contributed by atoms with Crippen LogP contribution in [0.2, 0.25) is 0 Å². The Morgan fingerprint density at radius 3 is 3.00 bits per heavy atom. The smallest absolute Gasteiger partial charge is 0.239 e. The van der Waals surface area contributed by atoms with Gasteiger partial charge in [-0.2, -0.15) is 0 Å². The summed E-state index contributed by atoms with van der Waals surface area (Å²) >= 11 is 0. The van der Waals surface area contributed by atoms with Crippen LogP contribution in [0.5, 0.6) is 0 Å². The van der Waals surface area contributed by atoms with Gasteiger partial charge in [0.2, 0.25) is 5.91 Å². The Labute approximate surface area is 97.1 Å². The number of hydrogen-bond acceptors (Lipinski definition) is 4. The average molecular weight is 230 g/mol. The van der Waals surface area contributed by atoms with Crippen molar-refractivity contribution in [1.29, 1.82) is 0 Å². The fourth-order valence-electron chi connectivity index (χ4n) is 1.71. The number of methoxy groups -OCH3 is 1. The topological polar surface area (TPSA) is 50.8 Å². The number of hydrogen-bond donors (Lipinski definition) is 1. The number of piperazine rings is 1. The monoisotopic (exact) mass is 230 g/mol. The second-order valence-corrected chi connectivity index (χ2v) is 3.96. The van der Waals surface area contributed by atoms with Crippen molar-refractivity contribution in [1.82, 2.24) is 10.2 Å². The number of nitrogens with one attached hydrogen (secondary N) is 1. The fourth-order valence-corrected chi connectivity index (χ4v) is 1.71. The van der Waals surface area contributed by atoms with E-state index in [4.69, 9.17) is 9.47 Å². The summed E-state index contributed by atoms with van der Waals surface area (Å²) in [5.74, 6) is 0.197. The second kappa shape index (κ2) is 7.60. The first-order valence-corrected chi connectivity index (χ1v) is 5.84. The van der Waals surface area contributed by atoms with E-state index in [0.29, 0.717) is 19.8 Å². The highest BCUT2D eigenvalue weighted by Gasteiger charge is 2.23. The first-order valence-electron chi connectivity index (χ1n) is 5.84. The maximum Gasteiger partial charge on any atom is 0.239 e. The van der Waals surface area contributed by atoms with E-state index in [1.54, 1.807) is 7.11 Å². The predicted octanol–water partition coefficient (Wildman–Crippen LogP) is -0.140. The Hall–Kier alpha value is -0.650. The molecule has 1 rings (SSSR count). The molecule has 0 bridgehead atoms. The molecule has 1 fully saturated rings. The summed E-state index contributed by atoms with van der Waals surface area (Å²) in [6, 6.07) is -0.0387. The normalized spacial score (nSPS) is 21.5. The molecule has 0 saturated carbocycles. The van der Waals surface area contributed by atoms with Crippen LogP contribution in [-0.4, -0.2) is 63.4 Å². The molecule has 5 nitrogen and oxygen atoms in total. The molecule has 5 heteroatoms. The van der Waals surface area contributed by atoms with Crippen LogP contribution in [0.15, 0.2) is 0 Å². The molecular weight excluding hydrogens is 208 g/mol. The van der Waals surface area contributed by atoms with E-state index < -0.39 is 0 Å². The third-order valence-electron chi connectivity index (χ3n) is 2.66. The SMILES string of the molecule is COCCOCCCN1CCNC(C)C1=O. The van der Waals surface area contributed by atoms with Gasteiger partial charge in [-0.05, 0) is 13.3 Å². The lowest BCUT2D eigenvalue weighted by Crippen LogP contribution is -2.53. The van der Waals surface area contributed by atoms with Gasteiger partial charge in [0, 0.05) is 33.4 Å². The van der Waals surface area contributed by atoms with Crippen molar-refractivity contribution in [2.24, 2.45) is 0 Å². The molecule has 1 unspecified atom stereocenters. The Kier molecular flexibility index (Phi) is 6.37. The van der Waals surface area contributed by atoms with Crippen molar-refractivity contribution in [3.05, 3.63) is 0 Å². The molecule has 0 aromatic carbocycles. The average Bonchev–Trinajstić information content (AvgIpc) is 2.29. The van der Waals surface area contributed by atoms with Crippen molar-refractivity contribution >= 4 is 5.91 Å². The largest absolute Gasteiger partial charge is 0.382 e. The lowest BCUT2D eigenvalue weighted by atomic mass is 10.2. The highest BCUT2D eigenvalue weighted by molar-refractivity contribution is 5.82. The van der Waals surface area contributed by atoms with Gasteiger partial charge in [-0.1, -0.05) is 0 Å². The Morgan fingerprint density at radius 1 is 1.44 bits per heavy atom. The Morgan fingerprint density at radius 2 is 2.25 bits per heavy atom. The standard InChI is InChI=1S/C11H22N2O3/c1-10-11(14)13(6-4-12-10)5-3-7-16-9-8-15-2/h10,12H,3-9H2,1-2H3. The molecule has 16 heavy (non-hydrogen) atoms. The summed E-state index contributed by atoms with van der Waals surface area (Å²) in [4.78, 5) is 13.6.